The molecule has 0 aliphatic carbocycles. The number of anilines is 1. The maximum absolute atomic E-state index is 10.8. The number of carbonyl (C=O) groups is 1. The standard InChI is InChI=1S/C9H10ClN3O4/c1-5(9(14)15)12(2)8-7(13(16)17)3-6(10)4-11-8/h3-5H,1-2H3,(H,14,15). The van der Waals surface area contributed by atoms with E-state index in [1.54, 1.807) is 0 Å². The molecule has 0 saturated heterocycles. The predicted octanol–water partition coefficient (Wildman–Crippen LogP) is 1.55. The lowest BCUT2D eigenvalue weighted by Gasteiger charge is -2.21. The number of halogens is 1. The monoisotopic (exact) mass is 259 g/mol. The number of likely N-dealkylation sites (N-methyl/N-ethyl adjacent to an activating group) is 1. The van der Waals surface area contributed by atoms with E-state index in [-0.39, 0.29) is 16.5 Å². The van der Waals surface area contributed by atoms with Crippen molar-refractivity contribution in [1.82, 2.24) is 4.98 Å². The Morgan fingerprint density at radius 3 is 2.76 bits per heavy atom. The Labute approximate surface area is 102 Å². The van der Waals surface area contributed by atoms with Crippen LogP contribution >= 0.6 is 11.6 Å². The molecule has 1 unspecified atom stereocenters. The summed E-state index contributed by atoms with van der Waals surface area (Å²) in [6, 6.07) is 0.206. The van der Waals surface area contributed by atoms with Gasteiger partial charge in [0.25, 0.3) is 0 Å². The maximum Gasteiger partial charge on any atom is 0.326 e. The predicted molar refractivity (Wildman–Crippen MR) is 61.4 cm³/mol. The van der Waals surface area contributed by atoms with Gasteiger partial charge in [0.15, 0.2) is 0 Å². The molecule has 7 nitrogen and oxygen atoms in total. The van der Waals surface area contributed by atoms with E-state index in [2.05, 4.69) is 4.98 Å². The number of hydrogen-bond donors (Lipinski definition) is 1. The van der Waals surface area contributed by atoms with E-state index in [1.165, 1.54) is 25.1 Å². The number of aromatic nitrogens is 1. The van der Waals surface area contributed by atoms with E-state index in [4.69, 9.17) is 16.7 Å². The summed E-state index contributed by atoms with van der Waals surface area (Å²) >= 11 is 5.61. The van der Waals surface area contributed by atoms with Crippen LogP contribution in [0.25, 0.3) is 0 Å². The maximum atomic E-state index is 10.8. The Morgan fingerprint density at radius 2 is 2.29 bits per heavy atom. The number of carboxylic acids is 1. The Morgan fingerprint density at radius 1 is 1.71 bits per heavy atom. The summed E-state index contributed by atoms with van der Waals surface area (Å²) in [5.74, 6) is -1.13. The van der Waals surface area contributed by atoms with E-state index in [9.17, 15) is 14.9 Å². The van der Waals surface area contributed by atoms with Crippen molar-refractivity contribution in [1.29, 1.82) is 0 Å². The largest absolute Gasteiger partial charge is 0.480 e. The zero-order chi connectivity index (χ0) is 13.2. The Bertz CT molecular complexity index is 466. The Kier molecular flexibility index (Phi) is 3.84. The first-order valence-corrected chi connectivity index (χ1v) is 4.98. The normalized spacial score (nSPS) is 11.9. The summed E-state index contributed by atoms with van der Waals surface area (Å²) in [7, 11) is 1.42. The number of aliphatic carboxylic acids is 1. The van der Waals surface area contributed by atoms with E-state index >= 15 is 0 Å². The third kappa shape index (κ3) is 2.82. The van der Waals surface area contributed by atoms with Gasteiger partial charge in [0.2, 0.25) is 5.82 Å². The minimum absolute atomic E-state index is 0.0331. The van der Waals surface area contributed by atoms with Crippen LogP contribution in [0.5, 0.6) is 0 Å². The average molecular weight is 260 g/mol. The van der Waals surface area contributed by atoms with Crippen molar-refractivity contribution in [3.63, 3.8) is 0 Å². The second-order valence-electron chi connectivity index (χ2n) is 3.38. The molecule has 17 heavy (non-hydrogen) atoms. The Balaban J connectivity index is 3.21. The van der Waals surface area contributed by atoms with Crippen LogP contribution in [0.1, 0.15) is 6.92 Å². The fraction of sp³-hybridized carbons (Fsp3) is 0.333. The minimum atomic E-state index is -1.10. The molecular weight excluding hydrogens is 250 g/mol. The molecule has 0 aromatic carbocycles. The van der Waals surface area contributed by atoms with Crippen molar-refractivity contribution in [3.8, 4) is 0 Å². The molecule has 0 bridgehead atoms. The molecule has 0 saturated carbocycles. The van der Waals surface area contributed by atoms with Crippen molar-refractivity contribution >= 4 is 29.1 Å². The van der Waals surface area contributed by atoms with Crippen LogP contribution in [0, 0.1) is 10.1 Å². The lowest BCUT2D eigenvalue weighted by Crippen LogP contribution is -2.36. The van der Waals surface area contributed by atoms with Crippen molar-refractivity contribution in [2.24, 2.45) is 0 Å². The number of pyridine rings is 1. The van der Waals surface area contributed by atoms with Crippen molar-refractivity contribution < 1.29 is 14.8 Å². The van der Waals surface area contributed by atoms with Crippen molar-refractivity contribution in [2.75, 3.05) is 11.9 Å². The molecule has 0 aliphatic rings. The third-order valence-corrected chi connectivity index (χ3v) is 2.49. The van der Waals surface area contributed by atoms with Gasteiger partial charge in [0, 0.05) is 19.3 Å². The first kappa shape index (κ1) is 13.2. The highest BCUT2D eigenvalue weighted by molar-refractivity contribution is 6.30. The highest BCUT2D eigenvalue weighted by atomic mass is 35.5. The van der Waals surface area contributed by atoms with Crippen LogP contribution in [0.15, 0.2) is 12.3 Å². The van der Waals surface area contributed by atoms with E-state index < -0.39 is 16.9 Å². The van der Waals surface area contributed by atoms with Crippen LogP contribution in [0.2, 0.25) is 5.02 Å². The van der Waals surface area contributed by atoms with Crippen LogP contribution in [0.4, 0.5) is 11.5 Å². The lowest BCUT2D eigenvalue weighted by atomic mass is 10.3. The van der Waals surface area contributed by atoms with Gasteiger partial charge in [-0.3, -0.25) is 10.1 Å². The molecule has 0 aliphatic heterocycles. The van der Waals surface area contributed by atoms with Gasteiger partial charge in [-0.25, -0.2) is 9.78 Å². The van der Waals surface area contributed by atoms with Gasteiger partial charge in [0.05, 0.1) is 9.95 Å². The van der Waals surface area contributed by atoms with Gasteiger partial charge in [-0.15, -0.1) is 0 Å². The SMILES string of the molecule is CC(C(=O)O)N(C)c1ncc(Cl)cc1[N+](=O)[O-]. The molecule has 0 fully saturated rings. The fourth-order valence-electron chi connectivity index (χ4n) is 1.18. The molecular formula is C9H10ClN3O4. The van der Waals surface area contributed by atoms with Gasteiger partial charge in [0.1, 0.15) is 6.04 Å². The van der Waals surface area contributed by atoms with Gasteiger partial charge in [-0.1, -0.05) is 11.6 Å². The highest BCUT2D eigenvalue weighted by Crippen LogP contribution is 2.28. The molecule has 1 aromatic rings. The summed E-state index contributed by atoms with van der Waals surface area (Å²) in [5, 5.41) is 19.8. The van der Waals surface area contributed by atoms with Gasteiger partial charge in [-0.05, 0) is 6.92 Å². The van der Waals surface area contributed by atoms with Crippen molar-refractivity contribution in [3.05, 3.63) is 27.4 Å². The first-order valence-electron chi connectivity index (χ1n) is 4.60. The lowest BCUT2D eigenvalue weighted by molar-refractivity contribution is -0.384. The number of rotatable bonds is 4. The number of nitro groups is 1. The van der Waals surface area contributed by atoms with Crippen LogP contribution in [-0.4, -0.2) is 34.1 Å². The Hall–Kier alpha value is -1.89. The first-order chi connectivity index (χ1) is 7.84. The minimum Gasteiger partial charge on any atom is -0.480 e. The molecule has 1 atom stereocenters. The summed E-state index contributed by atoms with van der Waals surface area (Å²) in [4.78, 5) is 25.9. The fourth-order valence-corrected chi connectivity index (χ4v) is 1.33. The third-order valence-electron chi connectivity index (χ3n) is 2.28. The molecule has 0 spiro atoms. The number of hydrogen-bond acceptors (Lipinski definition) is 5. The molecule has 1 aromatic heterocycles. The van der Waals surface area contributed by atoms with E-state index in [0.717, 1.165) is 6.07 Å². The number of carboxylic acid groups (broad SMARTS) is 1. The van der Waals surface area contributed by atoms with Crippen molar-refractivity contribution in [2.45, 2.75) is 13.0 Å². The molecule has 8 heteroatoms. The van der Waals surface area contributed by atoms with Gasteiger partial charge >= 0.3 is 11.7 Å². The summed E-state index contributed by atoms with van der Waals surface area (Å²) in [5.41, 5.74) is -0.326. The van der Waals surface area contributed by atoms with Gasteiger partial charge < -0.3 is 10.0 Å². The highest BCUT2D eigenvalue weighted by Gasteiger charge is 2.25. The van der Waals surface area contributed by atoms with Gasteiger partial charge in [-0.2, -0.15) is 0 Å². The topological polar surface area (TPSA) is 96.6 Å². The van der Waals surface area contributed by atoms with Crippen LogP contribution < -0.4 is 4.90 Å². The molecule has 92 valence electrons. The zero-order valence-electron chi connectivity index (χ0n) is 9.12. The summed E-state index contributed by atoms with van der Waals surface area (Å²) in [6.07, 6.45) is 1.23. The van der Waals surface area contributed by atoms with E-state index in [1.807, 2.05) is 0 Å². The summed E-state index contributed by atoms with van der Waals surface area (Å²) < 4.78 is 0. The number of nitrogens with zero attached hydrogens (tertiary/aromatic N) is 3. The second kappa shape index (κ2) is 4.96. The molecule has 0 radical (unpaired) electrons. The zero-order valence-corrected chi connectivity index (χ0v) is 9.88. The molecule has 1 N–H and O–H groups in total. The molecule has 1 heterocycles. The van der Waals surface area contributed by atoms with Crippen LogP contribution in [-0.2, 0) is 4.79 Å². The summed E-state index contributed by atoms with van der Waals surface area (Å²) in [6.45, 7) is 1.41. The van der Waals surface area contributed by atoms with E-state index in [0.29, 0.717) is 0 Å². The quantitative estimate of drug-likeness (QED) is 0.651. The average Bonchev–Trinajstić information content (AvgIpc) is 2.26. The van der Waals surface area contributed by atoms with Crippen LogP contribution in [0.3, 0.4) is 0 Å². The molecule has 1 rings (SSSR count). The molecule has 0 amide bonds. The smallest absolute Gasteiger partial charge is 0.326 e. The second-order valence-corrected chi connectivity index (χ2v) is 3.81.